The minimum absolute atomic E-state index is 0.653. The van der Waals surface area contributed by atoms with Gasteiger partial charge in [-0.2, -0.15) is 0 Å². The quantitative estimate of drug-likeness (QED) is 0.613. The highest BCUT2D eigenvalue weighted by molar-refractivity contribution is 5.05. The van der Waals surface area contributed by atoms with E-state index in [0.29, 0.717) is 6.61 Å². The molecule has 2 unspecified atom stereocenters. The van der Waals surface area contributed by atoms with Gasteiger partial charge in [-0.15, -0.1) is 6.58 Å². The van der Waals surface area contributed by atoms with E-state index < -0.39 is 0 Å². The molecule has 1 nitrogen and oxygen atoms in total. The molecule has 82 valence electrons. The van der Waals surface area contributed by atoms with Crippen LogP contribution in [0.2, 0.25) is 0 Å². The maximum absolute atomic E-state index is 4.57. The van der Waals surface area contributed by atoms with Gasteiger partial charge in [0.2, 0.25) is 0 Å². The fraction of sp³-hybridized carbons (Fsp3) is 0.846. The Balaban J connectivity index is 0.000000171. The number of hydrogen-bond acceptors (Lipinski definition) is 1. The number of rotatable bonds is 2. The van der Waals surface area contributed by atoms with Gasteiger partial charge in [0, 0.05) is 7.11 Å². The second-order valence-corrected chi connectivity index (χ2v) is 5.06. The van der Waals surface area contributed by atoms with E-state index in [1.807, 2.05) is 0 Å². The summed E-state index contributed by atoms with van der Waals surface area (Å²) in [4.78, 5) is 0. The fourth-order valence-corrected chi connectivity index (χ4v) is 2.85. The number of fused-ring (bicyclic) bond motifs is 1. The molecule has 2 saturated carbocycles. The largest absolute Gasteiger partial charge is 0.381 e. The third kappa shape index (κ3) is 2.60. The highest BCUT2D eigenvalue weighted by atomic mass is 16.5. The maximum atomic E-state index is 4.57. The van der Waals surface area contributed by atoms with Gasteiger partial charge in [-0.1, -0.05) is 32.8 Å². The molecule has 2 atom stereocenters. The molecule has 2 aliphatic carbocycles. The Morgan fingerprint density at radius 3 is 2.00 bits per heavy atom. The zero-order valence-corrected chi connectivity index (χ0v) is 9.88. The maximum Gasteiger partial charge on any atom is 0.0641 e. The van der Waals surface area contributed by atoms with Crippen LogP contribution in [0.5, 0.6) is 0 Å². The number of hydrogen-bond donors (Lipinski definition) is 0. The Morgan fingerprint density at radius 1 is 1.29 bits per heavy atom. The first-order valence-electron chi connectivity index (χ1n) is 5.74. The molecular weight excluding hydrogens is 172 g/mol. The van der Waals surface area contributed by atoms with Crippen LogP contribution in [0, 0.1) is 17.3 Å². The van der Waals surface area contributed by atoms with E-state index in [4.69, 9.17) is 0 Å². The van der Waals surface area contributed by atoms with E-state index in [1.54, 1.807) is 13.2 Å². The smallest absolute Gasteiger partial charge is 0.0641 e. The van der Waals surface area contributed by atoms with Gasteiger partial charge in [-0.05, 0) is 30.1 Å². The SMILES string of the molecule is C=CCOC.CC1(C)C2CCCCC21. The van der Waals surface area contributed by atoms with Crippen LogP contribution < -0.4 is 0 Å². The predicted molar refractivity (Wildman–Crippen MR) is 61.3 cm³/mol. The first-order valence-corrected chi connectivity index (χ1v) is 5.74. The van der Waals surface area contributed by atoms with Crippen molar-refractivity contribution in [3.05, 3.63) is 12.7 Å². The summed E-state index contributed by atoms with van der Waals surface area (Å²) in [5.41, 5.74) is 0.747. The summed E-state index contributed by atoms with van der Waals surface area (Å²) >= 11 is 0. The van der Waals surface area contributed by atoms with E-state index >= 15 is 0 Å². The average molecular weight is 196 g/mol. The minimum atomic E-state index is 0.653. The molecule has 0 radical (unpaired) electrons. The molecule has 2 rings (SSSR count). The van der Waals surface area contributed by atoms with Gasteiger partial charge in [-0.3, -0.25) is 0 Å². The van der Waals surface area contributed by atoms with E-state index in [9.17, 15) is 0 Å². The molecule has 0 aromatic carbocycles. The van der Waals surface area contributed by atoms with Gasteiger partial charge in [0.1, 0.15) is 0 Å². The molecule has 0 bridgehead atoms. The summed E-state index contributed by atoms with van der Waals surface area (Å²) in [7, 11) is 1.64. The summed E-state index contributed by atoms with van der Waals surface area (Å²) in [6, 6.07) is 0. The van der Waals surface area contributed by atoms with Crippen molar-refractivity contribution >= 4 is 0 Å². The van der Waals surface area contributed by atoms with Gasteiger partial charge in [0.15, 0.2) is 0 Å². The molecule has 0 spiro atoms. The monoisotopic (exact) mass is 196 g/mol. The molecule has 0 aromatic rings. The molecular formula is C13H24O. The fourth-order valence-electron chi connectivity index (χ4n) is 2.85. The highest BCUT2D eigenvalue weighted by Gasteiger charge is 2.57. The first kappa shape index (κ1) is 11.8. The highest BCUT2D eigenvalue weighted by Crippen LogP contribution is 2.64. The van der Waals surface area contributed by atoms with Gasteiger partial charge >= 0.3 is 0 Å². The van der Waals surface area contributed by atoms with E-state index in [0.717, 1.165) is 17.3 Å². The third-order valence-electron chi connectivity index (χ3n) is 3.85. The summed E-state index contributed by atoms with van der Waals surface area (Å²) in [6.07, 6.45) is 7.77. The summed E-state index contributed by atoms with van der Waals surface area (Å²) < 4.78 is 4.57. The summed E-state index contributed by atoms with van der Waals surface area (Å²) in [6.45, 7) is 8.95. The van der Waals surface area contributed by atoms with Crippen molar-refractivity contribution < 1.29 is 4.74 Å². The lowest BCUT2D eigenvalue weighted by molar-refractivity contribution is 0.234. The predicted octanol–water partition coefficient (Wildman–Crippen LogP) is 3.65. The molecule has 2 fully saturated rings. The zero-order chi connectivity index (χ0) is 10.6. The van der Waals surface area contributed by atoms with Crippen LogP contribution in [0.4, 0.5) is 0 Å². The van der Waals surface area contributed by atoms with E-state index in [-0.39, 0.29) is 0 Å². The molecule has 0 heterocycles. The van der Waals surface area contributed by atoms with Crippen LogP contribution in [0.1, 0.15) is 39.5 Å². The summed E-state index contributed by atoms with van der Waals surface area (Å²) in [5, 5.41) is 0. The van der Waals surface area contributed by atoms with Crippen molar-refractivity contribution in [2.45, 2.75) is 39.5 Å². The van der Waals surface area contributed by atoms with Crippen LogP contribution >= 0.6 is 0 Å². The van der Waals surface area contributed by atoms with Gasteiger partial charge in [0.25, 0.3) is 0 Å². The van der Waals surface area contributed by atoms with Crippen LogP contribution in [0.15, 0.2) is 12.7 Å². The second kappa shape index (κ2) is 4.97. The molecule has 0 saturated heterocycles. The normalized spacial score (nSPS) is 32.2. The lowest BCUT2D eigenvalue weighted by atomic mass is 10.0. The van der Waals surface area contributed by atoms with E-state index in [2.05, 4.69) is 25.2 Å². The van der Waals surface area contributed by atoms with Crippen molar-refractivity contribution in [2.75, 3.05) is 13.7 Å². The van der Waals surface area contributed by atoms with Gasteiger partial charge in [-0.25, -0.2) is 0 Å². The van der Waals surface area contributed by atoms with Crippen molar-refractivity contribution in [1.82, 2.24) is 0 Å². The standard InChI is InChI=1S/C9H16.C4H8O/c1-9(2)7-5-3-4-6-8(7)9;1-3-4-5-2/h7-8H,3-6H2,1-2H3;3H,1,4H2,2H3. The number of ether oxygens (including phenoxy) is 1. The second-order valence-electron chi connectivity index (χ2n) is 5.06. The van der Waals surface area contributed by atoms with Gasteiger partial charge < -0.3 is 4.74 Å². The minimum Gasteiger partial charge on any atom is -0.381 e. The average Bonchev–Trinajstić information content (AvgIpc) is 2.73. The Hall–Kier alpha value is -0.300. The van der Waals surface area contributed by atoms with Crippen LogP contribution in [0.25, 0.3) is 0 Å². The Kier molecular flexibility index (Phi) is 4.18. The van der Waals surface area contributed by atoms with Crippen molar-refractivity contribution in [3.63, 3.8) is 0 Å². The van der Waals surface area contributed by atoms with Crippen LogP contribution in [0.3, 0.4) is 0 Å². The van der Waals surface area contributed by atoms with Crippen LogP contribution in [-0.2, 0) is 4.74 Å². The lowest BCUT2D eigenvalue weighted by Gasteiger charge is -2.04. The van der Waals surface area contributed by atoms with Crippen molar-refractivity contribution in [1.29, 1.82) is 0 Å². The van der Waals surface area contributed by atoms with E-state index in [1.165, 1.54) is 25.7 Å². The molecule has 0 aromatic heterocycles. The zero-order valence-electron chi connectivity index (χ0n) is 9.88. The third-order valence-corrected chi connectivity index (χ3v) is 3.85. The van der Waals surface area contributed by atoms with Crippen molar-refractivity contribution in [3.8, 4) is 0 Å². The Labute approximate surface area is 88.5 Å². The van der Waals surface area contributed by atoms with Crippen molar-refractivity contribution in [2.24, 2.45) is 17.3 Å². The topological polar surface area (TPSA) is 9.23 Å². The van der Waals surface area contributed by atoms with Gasteiger partial charge in [0.05, 0.1) is 6.61 Å². The molecule has 0 N–H and O–H groups in total. The van der Waals surface area contributed by atoms with Crippen LogP contribution in [-0.4, -0.2) is 13.7 Å². The molecule has 0 aliphatic heterocycles. The lowest BCUT2D eigenvalue weighted by Crippen LogP contribution is -1.91. The number of methoxy groups -OCH3 is 1. The first-order chi connectivity index (χ1) is 6.64. The molecule has 1 heteroatoms. The molecule has 0 amide bonds. The summed E-state index contributed by atoms with van der Waals surface area (Å²) in [5.74, 6) is 2.23. The Morgan fingerprint density at radius 2 is 1.79 bits per heavy atom. The molecule has 2 aliphatic rings. The molecule has 14 heavy (non-hydrogen) atoms. The Bertz CT molecular complexity index is 170.